The first-order chi connectivity index (χ1) is 6.29. The van der Waals surface area contributed by atoms with Gasteiger partial charge in [0, 0.05) is 0 Å². The van der Waals surface area contributed by atoms with E-state index in [4.69, 9.17) is 16.0 Å². The van der Waals surface area contributed by atoms with Gasteiger partial charge in [0.1, 0.15) is 10.8 Å². The van der Waals surface area contributed by atoms with E-state index in [1.807, 2.05) is 6.92 Å². The predicted molar refractivity (Wildman–Crippen MR) is 49.7 cm³/mol. The van der Waals surface area contributed by atoms with Crippen LogP contribution in [0.5, 0.6) is 0 Å². The lowest BCUT2D eigenvalue weighted by Gasteiger charge is -1.83. The maximum Gasteiger partial charge on any atom is 0.259 e. The van der Waals surface area contributed by atoms with Gasteiger partial charge in [-0.15, -0.1) is 33.1 Å². The van der Waals surface area contributed by atoms with E-state index in [0.29, 0.717) is 11.8 Å². The molecule has 0 aliphatic heterocycles. The molecular weight excluding hydrogens is 210 g/mol. The molecule has 0 radical (unpaired) electrons. The maximum atomic E-state index is 5.52. The van der Waals surface area contributed by atoms with E-state index in [1.54, 1.807) is 6.20 Å². The number of alkyl halides is 1. The average Bonchev–Trinajstić information content (AvgIpc) is 2.71. The highest BCUT2D eigenvalue weighted by molar-refractivity contribution is 7.14. The van der Waals surface area contributed by atoms with Crippen LogP contribution in [0.2, 0.25) is 0 Å². The third kappa shape index (κ3) is 1.71. The molecule has 0 saturated carbocycles. The zero-order valence-corrected chi connectivity index (χ0v) is 8.39. The molecule has 2 aromatic heterocycles. The molecule has 0 aliphatic carbocycles. The Morgan fingerprint density at radius 1 is 1.54 bits per heavy atom. The van der Waals surface area contributed by atoms with Crippen LogP contribution >= 0.6 is 22.9 Å². The molecule has 2 heterocycles. The summed E-state index contributed by atoms with van der Waals surface area (Å²) in [4.78, 5) is 4.96. The number of halogens is 1. The Labute approximate surface area is 83.6 Å². The van der Waals surface area contributed by atoms with Gasteiger partial charge in [-0.1, -0.05) is 0 Å². The third-order valence-electron chi connectivity index (χ3n) is 1.41. The zero-order valence-electron chi connectivity index (χ0n) is 6.82. The Morgan fingerprint density at radius 3 is 2.92 bits per heavy atom. The number of aryl methyl sites for hydroxylation is 1. The SMILES string of the molecule is Cc1ncc(-c2nnc(CCl)o2)s1. The van der Waals surface area contributed by atoms with Crippen molar-refractivity contribution >= 4 is 22.9 Å². The second-order valence-corrected chi connectivity index (χ2v) is 3.88. The molecule has 0 bridgehead atoms. The number of nitrogens with zero attached hydrogens (tertiary/aromatic N) is 3. The van der Waals surface area contributed by atoms with E-state index < -0.39 is 0 Å². The van der Waals surface area contributed by atoms with Gasteiger partial charge in [-0.2, -0.15) is 0 Å². The van der Waals surface area contributed by atoms with Gasteiger partial charge in [0.15, 0.2) is 0 Å². The molecule has 0 aliphatic rings. The first kappa shape index (κ1) is 8.65. The van der Waals surface area contributed by atoms with Crippen LogP contribution in [-0.2, 0) is 5.88 Å². The normalized spacial score (nSPS) is 10.6. The summed E-state index contributed by atoms with van der Waals surface area (Å²) in [5.74, 6) is 1.16. The van der Waals surface area contributed by atoms with Crippen LogP contribution in [0.4, 0.5) is 0 Å². The van der Waals surface area contributed by atoms with Crippen LogP contribution in [-0.4, -0.2) is 15.2 Å². The summed E-state index contributed by atoms with van der Waals surface area (Å²) in [6, 6.07) is 0. The van der Waals surface area contributed by atoms with Gasteiger partial charge in [-0.25, -0.2) is 4.98 Å². The second kappa shape index (κ2) is 3.43. The predicted octanol–water partition coefficient (Wildman–Crippen LogP) is 2.24. The smallest absolute Gasteiger partial charge is 0.259 e. The van der Waals surface area contributed by atoms with E-state index in [-0.39, 0.29) is 5.88 Å². The standard InChI is InChI=1S/C7H6ClN3OS/c1-4-9-3-5(13-4)7-11-10-6(2-8)12-7/h3H,2H2,1H3. The molecule has 6 heteroatoms. The number of rotatable bonds is 2. The lowest BCUT2D eigenvalue weighted by Crippen LogP contribution is -1.73. The number of hydrogen-bond donors (Lipinski definition) is 0. The van der Waals surface area contributed by atoms with Crippen LogP contribution < -0.4 is 0 Å². The van der Waals surface area contributed by atoms with Crippen molar-refractivity contribution in [2.45, 2.75) is 12.8 Å². The van der Waals surface area contributed by atoms with Gasteiger partial charge in [-0.05, 0) is 6.92 Å². The molecule has 0 atom stereocenters. The lowest BCUT2D eigenvalue weighted by atomic mass is 10.5. The summed E-state index contributed by atoms with van der Waals surface area (Å²) in [6.45, 7) is 1.92. The molecule has 0 N–H and O–H groups in total. The molecule has 0 fully saturated rings. The van der Waals surface area contributed by atoms with Crippen molar-refractivity contribution in [3.8, 4) is 10.8 Å². The van der Waals surface area contributed by atoms with Crippen LogP contribution in [0, 0.1) is 6.92 Å². The van der Waals surface area contributed by atoms with E-state index >= 15 is 0 Å². The summed E-state index contributed by atoms with van der Waals surface area (Å²) in [5, 5.41) is 8.56. The Kier molecular flexibility index (Phi) is 2.28. The molecule has 0 amide bonds. The molecule has 0 spiro atoms. The average molecular weight is 216 g/mol. The second-order valence-electron chi connectivity index (χ2n) is 2.38. The highest BCUT2D eigenvalue weighted by Crippen LogP contribution is 2.24. The maximum absolute atomic E-state index is 5.52. The number of hydrogen-bond acceptors (Lipinski definition) is 5. The Morgan fingerprint density at radius 2 is 2.38 bits per heavy atom. The van der Waals surface area contributed by atoms with Crippen molar-refractivity contribution in [2.75, 3.05) is 0 Å². The Bertz CT molecular complexity index is 411. The van der Waals surface area contributed by atoms with Gasteiger partial charge in [0.2, 0.25) is 5.89 Å². The van der Waals surface area contributed by atoms with Crippen LogP contribution in [0.3, 0.4) is 0 Å². The van der Waals surface area contributed by atoms with Gasteiger partial charge in [0.05, 0.1) is 11.2 Å². The summed E-state index contributed by atoms with van der Waals surface area (Å²) in [6.07, 6.45) is 1.71. The fourth-order valence-electron chi connectivity index (χ4n) is 0.867. The summed E-state index contributed by atoms with van der Waals surface area (Å²) in [7, 11) is 0. The van der Waals surface area contributed by atoms with Crippen molar-refractivity contribution < 1.29 is 4.42 Å². The van der Waals surface area contributed by atoms with Crippen LogP contribution in [0.1, 0.15) is 10.9 Å². The minimum absolute atomic E-state index is 0.241. The fraction of sp³-hybridized carbons (Fsp3) is 0.286. The molecule has 4 nitrogen and oxygen atoms in total. The number of thiazole rings is 1. The van der Waals surface area contributed by atoms with E-state index in [1.165, 1.54) is 11.3 Å². The summed E-state index contributed by atoms with van der Waals surface area (Å²) < 4.78 is 5.25. The van der Waals surface area contributed by atoms with Gasteiger partial charge < -0.3 is 4.42 Å². The van der Waals surface area contributed by atoms with Crippen molar-refractivity contribution in [3.63, 3.8) is 0 Å². The van der Waals surface area contributed by atoms with Crippen molar-refractivity contribution in [1.82, 2.24) is 15.2 Å². The molecule has 2 aromatic rings. The molecular formula is C7H6ClN3OS. The quantitative estimate of drug-likeness (QED) is 0.721. The van der Waals surface area contributed by atoms with Crippen molar-refractivity contribution in [2.24, 2.45) is 0 Å². The van der Waals surface area contributed by atoms with Crippen molar-refractivity contribution in [3.05, 3.63) is 17.1 Å². The largest absolute Gasteiger partial charge is 0.419 e. The lowest BCUT2D eigenvalue weighted by molar-refractivity contribution is 0.528. The minimum atomic E-state index is 0.241. The summed E-state index contributed by atoms with van der Waals surface area (Å²) in [5.41, 5.74) is 0. The first-order valence-electron chi connectivity index (χ1n) is 3.61. The fourth-order valence-corrected chi connectivity index (χ4v) is 1.67. The molecule has 0 unspecified atom stereocenters. The monoisotopic (exact) mass is 215 g/mol. The Balaban J connectivity index is 2.35. The van der Waals surface area contributed by atoms with E-state index in [0.717, 1.165) is 9.88 Å². The molecule has 0 aromatic carbocycles. The van der Waals surface area contributed by atoms with Crippen molar-refractivity contribution in [1.29, 1.82) is 0 Å². The molecule has 68 valence electrons. The van der Waals surface area contributed by atoms with Gasteiger partial charge in [0.25, 0.3) is 5.89 Å². The highest BCUT2D eigenvalue weighted by atomic mass is 35.5. The molecule has 2 rings (SSSR count). The van der Waals surface area contributed by atoms with Gasteiger partial charge in [-0.3, -0.25) is 0 Å². The van der Waals surface area contributed by atoms with Crippen LogP contribution in [0.15, 0.2) is 10.6 Å². The third-order valence-corrected chi connectivity index (χ3v) is 2.54. The van der Waals surface area contributed by atoms with Crippen LogP contribution in [0.25, 0.3) is 10.8 Å². The van der Waals surface area contributed by atoms with E-state index in [9.17, 15) is 0 Å². The Hall–Kier alpha value is -0.940. The first-order valence-corrected chi connectivity index (χ1v) is 4.96. The van der Waals surface area contributed by atoms with Gasteiger partial charge >= 0.3 is 0 Å². The topological polar surface area (TPSA) is 51.8 Å². The summed E-state index contributed by atoms with van der Waals surface area (Å²) >= 11 is 7.04. The molecule has 0 saturated heterocycles. The highest BCUT2D eigenvalue weighted by Gasteiger charge is 2.09. The minimum Gasteiger partial charge on any atom is -0.419 e. The molecule has 13 heavy (non-hydrogen) atoms. The zero-order chi connectivity index (χ0) is 9.26. The number of aromatic nitrogens is 3. The van der Waals surface area contributed by atoms with E-state index in [2.05, 4.69) is 15.2 Å².